The van der Waals surface area contributed by atoms with E-state index < -0.39 is 47.9 Å². The Balaban J connectivity index is 2.10. The maximum absolute atomic E-state index is 13.3. The van der Waals surface area contributed by atoms with Crippen molar-refractivity contribution in [3.8, 4) is 0 Å². The predicted octanol–water partition coefficient (Wildman–Crippen LogP) is -0.0567. The molecule has 4 atom stereocenters. The van der Waals surface area contributed by atoms with Gasteiger partial charge in [-0.25, -0.2) is 9.78 Å². The molecule has 13 heteroatoms. The first-order chi connectivity index (χ1) is 18.7. The number of amides is 3. The summed E-state index contributed by atoms with van der Waals surface area (Å²) >= 11 is 1.51. The Morgan fingerprint density at radius 3 is 2.18 bits per heavy atom. The summed E-state index contributed by atoms with van der Waals surface area (Å²) in [6, 6.07) is 4.92. The third-order valence-electron chi connectivity index (χ3n) is 6.05. The first kappa shape index (κ1) is 31.8. The van der Waals surface area contributed by atoms with Crippen LogP contribution in [0.1, 0.15) is 36.9 Å². The fraction of sp³-hybridized carbons (Fsp3) is 0.500. The van der Waals surface area contributed by atoms with Crippen LogP contribution >= 0.6 is 11.8 Å². The molecular weight excluding hydrogens is 522 g/mol. The lowest BCUT2D eigenvalue weighted by Gasteiger charge is -2.25. The molecule has 1 heterocycles. The number of imidazole rings is 1. The molecule has 0 aliphatic heterocycles. The van der Waals surface area contributed by atoms with Gasteiger partial charge < -0.3 is 37.5 Å². The SMILES string of the molecule is CSCCC(NC(=O)C(N)Cc1cnc[nH]1)C(=O)NC(CCCCN)C(=O)NC(Cc1ccccc1)C(=O)O. The Morgan fingerprint density at radius 1 is 0.949 bits per heavy atom. The minimum absolute atomic E-state index is 0.0893. The summed E-state index contributed by atoms with van der Waals surface area (Å²) in [6.07, 6.45) is 6.98. The molecule has 0 bridgehead atoms. The van der Waals surface area contributed by atoms with E-state index in [1.807, 2.05) is 12.3 Å². The molecule has 2 rings (SSSR count). The van der Waals surface area contributed by atoms with Gasteiger partial charge in [0.2, 0.25) is 17.7 Å². The average Bonchev–Trinajstić information content (AvgIpc) is 3.43. The molecule has 0 aliphatic carbocycles. The molecule has 4 unspecified atom stereocenters. The van der Waals surface area contributed by atoms with Gasteiger partial charge in [-0.2, -0.15) is 11.8 Å². The normalized spacial score (nSPS) is 14.0. The number of thioether (sulfide) groups is 1. The number of H-pyrrole nitrogens is 1. The molecule has 1 aromatic heterocycles. The zero-order valence-electron chi connectivity index (χ0n) is 22.1. The summed E-state index contributed by atoms with van der Waals surface area (Å²) in [5.41, 5.74) is 13.1. The van der Waals surface area contributed by atoms with Gasteiger partial charge in [0, 0.05) is 24.7 Å². The zero-order valence-corrected chi connectivity index (χ0v) is 22.9. The van der Waals surface area contributed by atoms with Gasteiger partial charge in [0.25, 0.3) is 0 Å². The second-order valence-corrected chi connectivity index (χ2v) is 10.2. The second kappa shape index (κ2) is 17.2. The van der Waals surface area contributed by atoms with Gasteiger partial charge in [-0.3, -0.25) is 14.4 Å². The molecule has 0 spiro atoms. The number of nitrogens with one attached hydrogen (secondary N) is 4. The van der Waals surface area contributed by atoms with Crippen LogP contribution < -0.4 is 27.4 Å². The maximum Gasteiger partial charge on any atom is 0.326 e. The van der Waals surface area contributed by atoms with E-state index in [1.165, 1.54) is 18.1 Å². The zero-order chi connectivity index (χ0) is 28.6. The van der Waals surface area contributed by atoms with E-state index in [4.69, 9.17) is 11.5 Å². The fourth-order valence-electron chi connectivity index (χ4n) is 3.87. The Labute approximate surface area is 232 Å². The number of aromatic amines is 1. The summed E-state index contributed by atoms with van der Waals surface area (Å²) in [4.78, 5) is 57.9. The average molecular weight is 562 g/mol. The molecule has 214 valence electrons. The van der Waals surface area contributed by atoms with E-state index in [-0.39, 0.29) is 19.3 Å². The van der Waals surface area contributed by atoms with Crippen molar-refractivity contribution in [1.29, 1.82) is 0 Å². The largest absolute Gasteiger partial charge is 0.480 e. The Kier molecular flexibility index (Phi) is 14.0. The van der Waals surface area contributed by atoms with Gasteiger partial charge >= 0.3 is 5.97 Å². The molecule has 0 radical (unpaired) electrons. The van der Waals surface area contributed by atoms with Crippen LogP contribution in [0.2, 0.25) is 0 Å². The van der Waals surface area contributed by atoms with Crippen LogP contribution in [0.15, 0.2) is 42.9 Å². The highest BCUT2D eigenvalue weighted by Gasteiger charge is 2.30. The van der Waals surface area contributed by atoms with Crippen LogP contribution in [0.4, 0.5) is 0 Å². The number of hydrogen-bond acceptors (Lipinski definition) is 8. The topological polar surface area (TPSA) is 205 Å². The summed E-state index contributed by atoms with van der Waals surface area (Å²) < 4.78 is 0. The van der Waals surface area contributed by atoms with Crippen LogP contribution in [0, 0.1) is 0 Å². The molecule has 0 fully saturated rings. The highest BCUT2D eigenvalue weighted by atomic mass is 32.2. The molecule has 0 saturated carbocycles. The summed E-state index contributed by atoms with van der Waals surface area (Å²) in [5, 5.41) is 17.7. The summed E-state index contributed by atoms with van der Waals surface area (Å²) in [5.74, 6) is -2.28. The van der Waals surface area contributed by atoms with Crippen molar-refractivity contribution in [2.45, 2.75) is 62.7 Å². The number of unbranched alkanes of at least 4 members (excludes halogenated alkanes) is 1. The molecule has 1 aromatic carbocycles. The van der Waals surface area contributed by atoms with E-state index in [0.717, 1.165) is 5.56 Å². The van der Waals surface area contributed by atoms with Crippen molar-refractivity contribution in [1.82, 2.24) is 25.9 Å². The number of nitrogens with two attached hydrogens (primary N) is 2. The lowest BCUT2D eigenvalue weighted by molar-refractivity contribution is -0.142. The molecule has 9 N–H and O–H groups in total. The second-order valence-electron chi connectivity index (χ2n) is 9.16. The monoisotopic (exact) mass is 561 g/mol. The standard InChI is InChI=1S/C26H39N7O5S/c1-39-12-10-21(31-23(34)19(28)14-18-15-29-16-30-18)25(36)32-20(9-5-6-11-27)24(35)33-22(26(37)38)13-17-7-3-2-4-8-17/h2-4,7-8,15-16,19-22H,5-6,9-14,27-28H2,1H3,(H,29,30)(H,31,34)(H,32,36)(H,33,35)(H,37,38). The number of aromatic nitrogens is 2. The Morgan fingerprint density at radius 2 is 1.59 bits per heavy atom. The first-order valence-electron chi connectivity index (χ1n) is 12.8. The van der Waals surface area contributed by atoms with Gasteiger partial charge in [0.15, 0.2) is 0 Å². The molecule has 3 amide bonds. The van der Waals surface area contributed by atoms with Crippen LogP contribution in [-0.2, 0) is 32.0 Å². The number of aliphatic carboxylic acids is 1. The molecule has 39 heavy (non-hydrogen) atoms. The van der Waals surface area contributed by atoms with E-state index in [2.05, 4.69) is 25.9 Å². The van der Waals surface area contributed by atoms with Gasteiger partial charge in [-0.05, 0) is 49.8 Å². The molecule has 0 aliphatic rings. The predicted molar refractivity (Wildman–Crippen MR) is 150 cm³/mol. The number of carboxylic acid groups (broad SMARTS) is 1. The Bertz CT molecular complexity index is 1040. The highest BCUT2D eigenvalue weighted by molar-refractivity contribution is 7.98. The summed E-state index contributed by atoms with van der Waals surface area (Å²) in [7, 11) is 0. The number of benzene rings is 1. The van der Waals surface area contributed by atoms with E-state index in [1.54, 1.807) is 30.5 Å². The molecular formula is C26H39N7O5S. The lowest BCUT2D eigenvalue weighted by atomic mass is 10.0. The van der Waals surface area contributed by atoms with Crippen molar-refractivity contribution in [3.63, 3.8) is 0 Å². The molecule has 2 aromatic rings. The number of carbonyl (C=O) groups is 4. The van der Waals surface area contributed by atoms with Crippen molar-refractivity contribution >= 4 is 35.5 Å². The van der Waals surface area contributed by atoms with Crippen molar-refractivity contribution in [2.75, 3.05) is 18.6 Å². The van der Waals surface area contributed by atoms with Crippen LogP contribution in [0.25, 0.3) is 0 Å². The smallest absolute Gasteiger partial charge is 0.326 e. The van der Waals surface area contributed by atoms with Crippen LogP contribution in [0.3, 0.4) is 0 Å². The number of hydrogen-bond donors (Lipinski definition) is 7. The first-order valence-corrected chi connectivity index (χ1v) is 14.2. The quantitative estimate of drug-likeness (QED) is 0.122. The fourth-order valence-corrected chi connectivity index (χ4v) is 4.34. The maximum atomic E-state index is 13.3. The van der Waals surface area contributed by atoms with Gasteiger partial charge in [-0.15, -0.1) is 0 Å². The number of carboxylic acids is 1. The minimum atomic E-state index is -1.18. The number of carbonyl (C=O) groups excluding carboxylic acids is 3. The van der Waals surface area contributed by atoms with Crippen molar-refractivity contribution < 1.29 is 24.3 Å². The molecule has 12 nitrogen and oxygen atoms in total. The third-order valence-corrected chi connectivity index (χ3v) is 6.70. The van der Waals surface area contributed by atoms with E-state index in [9.17, 15) is 24.3 Å². The minimum Gasteiger partial charge on any atom is -0.480 e. The van der Waals surface area contributed by atoms with Gasteiger partial charge in [0.05, 0.1) is 12.4 Å². The number of nitrogens with zero attached hydrogens (tertiary/aromatic N) is 1. The van der Waals surface area contributed by atoms with Gasteiger partial charge in [-0.1, -0.05) is 30.3 Å². The molecule has 0 saturated heterocycles. The van der Waals surface area contributed by atoms with Gasteiger partial charge in [0.1, 0.15) is 18.1 Å². The van der Waals surface area contributed by atoms with Crippen LogP contribution in [0.5, 0.6) is 0 Å². The lowest BCUT2D eigenvalue weighted by Crippen LogP contribution is -2.57. The summed E-state index contributed by atoms with van der Waals surface area (Å²) in [6.45, 7) is 0.411. The van der Waals surface area contributed by atoms with Crippen molar-refractivity contribution in [2.24, 2.45) is 11.5 Å². The highest BCUT2D eigenvalue weighted by Crippen LogP contribution is 2.08. The van der Waals surface area contributed by atoms with E-state index in [0.29, 0.717) is 37.3 Å². The van der Waals surface area contributed by atoms with Crippen molar-refractivity contribution in [3.05, 3.63) is 54.1 Å². The van der Waals surface area contributed by atoms with Crippen LogP contribution in [-0.4, -0.2) is 81.5 Å². The third kappa shape index (κ3) is 11.5. The Hall–Kier alpha value is -3.42. The van der Waals surface area contributed by atoms with E-state index >= 15 is 0 Å². The number of rotatable bonds is 18.